The van der Waals surface area contributed by atoms with Crippen molar-refractivity contribution in [3.05, 3.63) is 95.0 Å². The first-order valence-electron chi connectivity index (χ1n) is 13.0. The molecule has 0 bridgehead atoms. The van der Waals surface area contributed by atoms with Crippen LogP contribution in [0.15, 0.2) is 83.8 Å². The molecule has 0 fully saturated rings. The number of anilines is 1. The summed E-state index contributed by atoms with van der Waals surface area (Å²) in [6.07, 6.45) is 0.365. The average molecular weight is 570 g/mol. The molecular formula is C30H36ClN3O4S. The number of hydrogen-bond acceptors (Lipinski definition) is 4. The predicted molar refractivity (Wildman–Crippen MR) is 156 cm³/mol. The lowest BCUT2D eigenvalue weighted by molar-refractivity contribution is -0.140. The van der Waals surface area contributed by atoms with E-state index < -0.39 is 28.5 Å². The van der Waals surface area contributed by atoms with Crippen molar-refractivity contribution in [1.82, 2.24) is 10.2 Å². The summed E-state index contributed by atoms with van der Waals surface area (Å²) in [6, 6.07) is 21.2. The maximum atomic E-state index is 14.0. The van der Waals surface area contributed by atoms with E-state index in [4.69, 9.17) is 11.6 Å². The summed E-state index contributed by atoms with van der Waals surface area (Å²) in [7, 11) is -4.13. The van der Waals surface area contributed by atoms with Crippen molar-refractivity contribution in [2.24, 2.45) is 5.92 Å². The molecule has 7 nitrogen and oxygen atoms in total. The molecule has 1 atom stereocenters. The fourth-order valence-corrected chi connectivity index (χ4v) is 5.84. The largest absolute Gasteiger partial charge is 0.354 e. The minimum atomic E-state index is -4.13. The number of halogens is 1. The summed E-state index contributed by atoms with van der Waals surface area (Å²) in [5, 5.41) is 3.27. The van der Waals surface area contributed by atoms with Crippen LogP contribution in [0.4, 0.5) is 5.69 Å². The fourth-order valence-electron chi connectivity index (χ4n) is 4.23. The number of amides is 2. The third-order valence-electron chi connectivity index (χ3n) is 6.21. The summed E-state index contributed by atoms with van der Waals surface area (Å²) in [5.74, 6) is -0.531. The predicted octanol–water partition coefficient (Wildman–Crippen LogP) is 5.42. The van der Waals surface area contributed by atoms with Crippen LogP contribution in [0.2, 0.25) is 5.02 Å². The molecule has 208 valence electrons. The Morgan fingerprint density at radius 3 is 2.26 bits per heavy atom. The van der Waals surface area contributed by atoms with Crippen LogP contribution >= 0.6 is 11.6 Å². The molecule has 0 radical (unpaired) electrons. The van der Waals surface area contributed by atoms with Crippen molar-refractivity contribution < 1.29 is 18.0 Å². The van der Waals surface area contributed by atoms with Gasteiger partial charge in [-0.25, -0.2) is 8.42 Å². The average Bonchev–Trinajstić information content (AvgIpc) is 2.90. The van der Waals surface area contributed by atoms with Gasteiger partial charge in [0.2, 0.25) is 11.8 Å². The Morgan fingerprint density at radius 1 is 0.949 bits per heavy atom. The number of benzene rings is 3. The molecule has 3 rings (SSSR count). The standard InChI is InChI=1S/C30H36ClN3O4S/c1-5-28(30(36)32-19-22(2)3)33(20-24-12-9-11-23(4)17-24)29(35)21-34(26-14-10-13-25(31)18-26)39(37,38)27-15-7-6-8-16-27/h6-18,22,28H,5,19-21H2,1-4H3,(H,32,36)/t28-/m1/s1. The molecule has 0 aromatic heterocycles. The lowest BCUT2D eigenvalue weighted by atomic mass is 10.1. The summed E-state index contributed by atoms with van der Waals surface area (Å²) in [4.78, 5) is 28.8. The van der Waals surface area contributed by atoms with E-state index in [0.29, 0.717) is 18.0 Å². The minimum Gasteiger partial charge on any atom is -0.354 e. The Bertz CT molecular complexity index is 1380. The minimum absolute atomic E-state index is 0.0460. The number of aryl methyl sites for hydroxylation is 1. The van der Waals surface area contributed by atoms with E-state index in [9.17, 15) is 18.0 Å². The van der Waals surface area contributed by atoms with Crippen molar-refractivity contribution in [3.8, 4) is 0 Å². The molecule has 0 spiro atoms. The first-order chi connectivity index (χ1) is 18.5. The zero-order chi connectivity index (χ0) is 28.6. The second-order valence-corrected chi connectivity index (χ2v) is 12.2. The van der Waals surface area contributed by atoms with E-state index >= 15 is 0 Å². The third-order valence-corrected chi connectivity index (χ3v) is 8.24. The smallest absolute Gasteiger partial charge is 0.264 e. The van der Waals surface area contributed by atoms with Gasteiger partial charge >= 0.3 is 0 Å². The SMILES string of the molecule is CC[C@H](C(=O)NCC(C)C)N(Cc1cccc(C)c1)C(=O)CN(c1cccc(Cl)c1)S(=O)(=O)c1ccccc1. The molecule has 3 aromatic carbocycles. The van der Waals surface area contributed by atoms with Crippen LogP contribution < -0.4 is 9.62 Å². The van der Waals surface area contributed by atoms with Crippen molar-refractivity contribution in [1.29, 1.82) is 0 Å². The topological polar surface area (TPSA) is 86.8 Å². The van der Waals surface area contributed by atoms with E-state index in [1.165, 1.54) is 23.1 Å². The van der Waals surface area contributed by atoms with Gasteiger partial charge in [-0.1, -0.05) is 86.5 Å². The number of carbonyl (C=O) groups excluding carboxylic acids is 2. The van der Waals surface area contributed by atoms with E-state index in [2.05, 4.69) is 5.32 Å². The molecule has 3 aromatic rings. The number of hydrogen-bond donors (Lipinski definition) is 1. The molecule has 0 saturated heterocycles. The highest BCUT2D eigenvalue weighted by Crippen LogP contribution is 2.27. The molecule has 0 heterocycles. The van der Waals surface area contributed by atoms with Gasteiger partial charge in [0.25, 0.3) is 10.0 Å². The van der Waals surface area contributed by atoms with Crippen LogP contribution in [0.1, 0.15) is 38.3 Å². The molecule has 0 aliphatic heterocycles. The summed E-state index contributed by atoms with van der Waals surface area (Å²) in [5.41, 5.74) is 2.12. The van der Waals surface area contributed by atoms with Gasteiger partial charge in [-0.15, -0.1) is 0 Å². The molecule has 9 heteroatoms. The van der Waals surface area contributed by atoms with E-state index in [-0.39, 0.29) is 29.0 Å². The molecule has 0 aliphatic carbocycles. The van der Waals surface area contributed by atoms with Gasteiger partial charge in [-0.2, -0.15) is 0 Å². The van der Waals surface area contributed by atoms with Gasteiger partial charge in [0.15, 0.2) is 0 Å². The van der Waals surface area contributed by atoms with E-state index in [0.717, 1.165) is 15.4 Å². The quantitative estimate of drug-likeness (QED) is 0.315. The number of sulfonamides is 1. The second-order valence-electron chi connectivity index (χ2n) is 9.88. The van der Waals surface area contributed by atoms with E-state index in [1.54, 1.807) is 36.4 Å². The third kappa shape index (κ3) is 8.07. The highest BCUT2D eigenvalue weighted by molar-refractivity contribution is 7.92. The lowest BCUT2D eigenvalue weighted by Gasteiger charge is -2.33. The monoisotopic (exact) mass is 569 g/mol. The maximum Gasteiger partial charge on any atom is 0.264 e. The van der Waals surface area contributed by atoms with Gasteiger partial charge in [0.05, 0.1) is 10.6 Å². The number of nitrogens with one attached hydrogen (secondary N) is 1. The fraction of sp³-hybridized carbons (Fsp3) is 0.333. The Hall–Kier alpha value is -3.36. The van der Waals surface area contributed by atoms with Gasteiger partial charge in [-0.05, 0) is 55.2 Å². The molecular weight excluding hydrogens is 534 g/mol. The Balaban J connectivity index is 2.04. The van der Waals surface area contributed by atoms with Gasteiger partial charge in [0, 0.05) is 18.1 Å². The Labute approximate surface area is 236 Å². The first-order valence-corrected chi connectivity index (χ1v) is 14.8. The first kappa shape index (κ1) is 30.2. The molecule has 0 unspecified atom stereocenters. The zero-order valence-corrected chi connectivity index (χ0v) is 24.4. The Kier molecular flexibility index (Phi) is 10.5. The Morgan fingerprint density at radius 2 is 1.64 bits per heavy atom. The summed E-state index contributed by atoms with van der Waals surface area (Å²) in [6.45, 7) is 7.91. The van der Waals surface area contributed by atoms with Crippen LogP contribution in [0.25, 0.3) is 0 Å². The molecule has 1 N–H and O–H groups in total. The molecule has 2 amide bonds. The summed E-state index contributed by atoms with van der Waals surface area (Å²) < 4.78 is 28.6. The highest BCUT2D eigenvalue weighted by atomic mass is 35.5. The van der Waals surface area contributed by atoms with Gasteiger partial charge < -0.3 is 10.2 Å². The highest BCUT2D eigenvalue weighted by Gasteiger charge is 2.33. The van der Waals surface area contributed by atoms with Crippen LogP contribution in [0.5, 0.6) is 0 Å². The maximum absolute atomic E-state index is 14.0. The van der Waals surface area contributed by atoms with Crippen molar-refractivity contribution in [2.45, 2.75) is 51.6 Å². The number of rotatable bonds is 12. The van der Waals surface area contributed by atoms with Gasteiger partial charge in [-0.3, -0.25) is 13.9 Å². The van der Waals surface area contributed by atoms with Crippen molar-refractivity contribution >= 4 is 39.1 Å². The van der Waals surface area contributed by atoms with Crippen molar-refractivity contribution in [3.63, 3.8) is 0 Å². The van der Waals surface area contributed by atoms with Crippen LogP contribution in [0, 0.1) is 12.8 Å². The zero-order valence-electron chi connectivity index (χ0n) is 22.8. The van der Waals surface area contributed by atoms with E-state index in [1.807, 2.05) is 52.0 Å². The number of nitrogens with zero attached hydrogens (tertiary/aromatic N) is 2. The van der Waals surface area contributed by atoms with Gasteiger partial charge in [0.1, 0.15) is 12.6 Å². The normalized spacial score (nSPS) is 12.2. The number of carbonyl (C=O) groups is 2. The van der Waals surface area contributed by atoms with Crippen LogP contribution in [-0.4, -0.2) is 44.3 Å². The molecule has 0 saturated carbocycles. The van der Waals surface area contributed by atoms with Crippen molar-refractivity contribution in [2.75, 3.05) is 17.4 Å². The summed E-state index contributed by atoms with van der Waals surface area (Å²) >= 11 is 6.21. The second kappa shape index (κ2) is 13.6. The molecule has 0 aliphatic rings. The molecule has 39 heavy (non-hydrogen) atoms. The van der Waals surface area contributed by atoms with Crippen LogP contribution in [-0.2, 0) is 26.2 Å². The lowest BCUT2D eigenvalue weighted by Crippen LogP contribution is -2.52. The van der Waals surface area contributed by atoms with Crippen LogP contribution in [0.3, 0.4) is 0 Å².